The maximum Gasteiger partial charge on any atom is 0.254 e. The molecule has 2 fully saturated rings. The first kappa shape index (κ1) is 14.6. The van der Waals surface area contributed by atoms with Gasteiger partial charge in [-0.2, -0.15) is 10.1 Å². The van der Waals surface area contributed by atoms with Crippen molar-refractivity contribution in [3.63, 3.8) is 0 Å². The van der Waals surface area contributed by atoms with Crippen LogP contribution >= 0.6 is 15.9 Å². The second-order valence-electron chi connectivity index (χ2n) is 6.29. The Labute approximate surface area is 141 Å². The number of fused-ring (bicyclic) bond motifs is 1. The molecule has 6 heteroatoms. The highest BCUT2D eigenvalue weighted by molar-refractivity contribution is 9.10. The summed E-state index contributed by atoms with van der Waals surface area (Å²) in [6, 6.07) is 4.89. The van der Waals surface area contributed by atoms with Crippen LogP contribution in [-0.2, 0) is 9.59 Å². The van der Waals surface area contributed by atoms with Crippen LogP contribution in [0.4, 0.5) is 0 Å². The zero-order chi connectivity index (χ0) is 16.1. The van der Waals surface area contributed by atoms with Gasteiger partial charge in [0.1, 0.15) is 5.75 Å². The van der Waals surface area contributed by atoms with Crippen molar-refractivity contribution >= 4 is 34.0 Å². The average Bonchev–Trinajstić information content (AvgIpc) is 2.83. The zero-order valence-electron chi connectivity index (χ0n) is 12.2. The molecule has 5 rings (SSSR count). The van der Waals surface area contributed by atoms with Crippen LogP contribution in [0.3, 0.4) is 0 Å². The number of amides is 2. The lowest BCUT2D eigenvalue weighted by Crippen LogP contribution is -2.38. The van der Waals surface area contributed by atoms with Crippen molar-refractivity contribution < 1.29 is 14.7 Å². The molecule has 23 heavy (non-hydrogen) atoms. The Kier molecular flexibility index (Phi) is 3.37. The van der Waals surface area contributed by atoms with E-state index in [2.05, 4.69) is 33.2 Å². The number of hydrogen-bond acceptors (Lipinski definition) is 4. The van der Waals surface area contributed by atoms with Gasteiger partial charge in [0.25, 0.3) is 11.8 Å². The number of rotatable bonds is 2. The summed E-state index contributed by atoms with van der Waals surface area (Å²) >= 11 is 3.23. The lowest BCUT2D eigenvalue weighted by molar-refractivity contribution is -0.140. The molecule has 0 aromatic heterocycles. The van der Waals surface area contributed by atoms with Crippen molar-refractivity contribution in [2.45, 2.75) is 12.8 Å². The summed E-state index contributed by atoms with van der Waals surface area (Å²) in [5.74, 6) is -0.385. The third-order valence-electron chi connectivity index (χ3n) is 5.03. The van der Waals surface area contributed by atoms with Gasteiger partial charge in [0, 0.05) is 0 Å². The Morgan fingerprint density at radius 3 is 2.26 bits per heavy atom. The first-order chi connectivity index (χ1) is 11.1. The molecule has 1 saturated carbocycles. The van der Waals surface area contributed by atoms with E-state index in [9.17, 15) is 14.7 Å². The second kappa shape index (κ2) is 5.30. The van der Waals surface area contributed by atoms with E-state index in [0.717, 1.165) is 17.9 Å². The molecule has 1 aromatic carbocycles. The summed E-state index contributed by atoms with van der Waals surface area (Å²) < 4.78 is 0.538. The second-order valence-corrected chi connectivity index (χ2v) is 7.14. The van der Waals surface area contributed by atoms with Crippen molar-refractivity contribution in [3.8, 4) is 5.75 Å². The Balaban J connectivity index is 1.60. The fourth-order valence-electron chi connectivity index (χ4n) is 3.90. The highest BCUT2D eigenvalue weighted by Gasteiger charge is 2.56. The predicted octanol–water partition coefficient (Wildman–Crippen LogP) is 2.69. The number of hydrogen-bond donors (Lipinski definition) is 1. The molecule has 5 nitrogen and oxygen atoms in total. The smallest absolute Gasteiger partial charge is 0.254 e. The average molecular weight is 375 g/mol. The molecular weight excluding hydrogens is 360 g/mol. The molecular formula is C17H15BrN2O3. The molecule has 0 unspecified atom stereocenters. The number of phenolic OH excluding ortho intramolecular Hbond substituents is 1. The molecule has 1 aliphatic heterocycles. The molecule has 2 bridgehead atoms. The summed E-state index contributed by atoms with van der Waals surface area (Å²) in [7, 11) is 0. The van der Waals surface area contributed by atoms with E-state index in [1.54, 1.807) is 12.1 Å². The monoisotopic (exact) mass is 374 g/mol. The molecule has 2 amide bonds. The van der Waals surface area contributed by atoms with Crippen LogP contribution in [0, 0.1) is 23.7 Å². The Hall–Kier alpha value is -1.95. The molecule has 1 aromatic rings. The first-order valence-corrected chi connectivity index (χ1v) is 8.44. The lowest BCUT2D eigenvalue weighted by Gasteiger charge is -2.37. The van der Waals surface area contributed by atoms with Gasteiger partial charge in [0.2, 0.25) is 0 Å². The molecule has 1 saturated heterocycles. The van der Waals surface area contributed by atoms with E-state index in [0.29, 0.717) is 10.0 Å². The third-order valence-corrected chi connectivity index (χ3v) is 5.67. The number of nitrogens with zero attached hydrogens (tertiary/aromatic N) is 2. The largest absolute Gasteiger partial charge is 0.507 e. The van der Waals surface area contributed by atoms with E-state index in [-0.39, 0.29) is 41.2 Å². The number of benzene rings is 1. The van der Waals surface area contributed by atoms with Crippen LogP contribution in [-0.4, -0.2) is 28.1 Å². The van der Waals surface area contributed by atoms with Gasteiger partial charge in [0.15, 0.2) is 0 Å². The predicted molar refractivity (Wildman–Crippen MR) is 87.6 cm³/mol. The summed E-state index contributed by atoms with van der Waals surface area (Å²) in [5.41, 5.74) is 0.700. The van der Waals surface area contributed by atoms with Crippen LogP contribution in [0.1, 0.15) is 18.4 Å². The van der Waals surface area contributed by atoms with E-state index >= 15 is 0 Å². The van der Waals surface area contributed by atoms with Crippen molar-refractivity contribution in [2.24, 2.45) is 28.8 Å². The summed E-state index contributed by atoms with van der Waals surface area (Å²) in [5, 5.41) is 14.7. The fraction of sp³-hybridized carbons (Fsp3) is 0.353. The van der Waals surface area contributed by atoms with Gasteiger partial charge in [-0.3, -0.25) is 9.59 Å². The van der Waals surface area contributed by atoms with Gasteiger partial charge in [-0.05, 0) is 64.4 Å². The normalized spacial score (nSPS) is 32.1. The van der Waals surface area contributed by atoms with E-state index < -0.39 is 0 Å². The summed E-state index contributed by atoms with van der Waals surface area (Å²) in [6.07, 6.45) is 7.61. The number of hydrazone groups is 1. The molecule has 1 N–H and O–H groups in total. The van der Waals surface area contributed by atoms with Crippen LogP contribution in [0.15, 0.2) is 39.9 Å². The summed E-state index contributed by atoms with van der Waals surface area (Å²) in [6.45, 7) is 0. The van der Waals surface area contributed by atoms with E-state index in [1.807, 2.05) is 0 Å². The topological polar surface area (TPSA) is 70.0 Å². The van der Waals surface area contributed by atoms with Crippen molar-refractivity contribution in [1.82, 2.24) is 5.01 Å². The molecule has 1 heterocycles. The number of allylic oxidation sites excluding steroid dienone is 2. The van der Waals surface area contributed by atoms with Gasteiger partial charge in [0.05, 0.1) is 22.5 Å². The van der Waals surface area contributed by atoms with Crippen LogP contribution in [0.25, 0.3) is 0 Å². The minimum absolute atomic E-state index is 0.129. The lowest BCUT2D eigenvalue weighted by atomic mass is 9.63. The zero-order valence-corrected chi connectivity index (χ0v) is 13.8. The van der Waals surface area contributed by atoms with E-state index in [1.165, 1.54) is 12.3 Å². The minimum Gasteiger partial charge on any atom is -0.507 e. The number of halogens is 1. The van der Waals surface area contributed by atoms with Crippen molar-refractivity contribution in [1.29, 1.82) is 0 Å². The number of carbonyl (C=O) groups excluding carboxylic acids is 2. The van der Waals surface area contributed by atoms with Crippen LogP contribution < -0.4 is 0 Å². The minimum atomic E-state index is -0.241. The molecule has 3 aliphatic carbocycles. The van der Waals surface area contributed by atoms with Crippen LogP contribution in [0.2, 0.25) is 0 Å². The van der Waals surface area contributed by atoms with Gasteiger partial charge < -0.3 is 5.11 Å². The molecule has 4 atom stereocenters. The van der Waals surface area contributed by atoms with Gasteiger partial charge in [-0.1, -0.05) is 12.2 Å². The summed E-state index contributed by atoms with van der Waals surface area (Å²) in [4.78, 5) is 25.2. The molecule has 118 valence electrons. The highest BCUT2D eigenvalue weighted by Crippen LogP contribution is 2.49. The number of phenols is 1. The Morgan fingerprint density at radius 2 is 1.74 bits per heavy atom. The standard InChI is InChI=1S/C17H15BrN2O3/c18-12-7-9(1-6-13(12)21)8-19-20-16(22)14-10-2-3-11(5-4-10)15(14)17(20)23/h1-3,6-8,10-11,14-15,21H,4-5H2/b19-8+/t10-,11-,14+,15+/m1/s1. The molecule has 4 aliphatic rings. The quantitative estimate of drug-likeness (QED) is 0.491. The maximum absolute atomic E-state index is 12.6. The SMILES string of the molecule is O=C1[C@@H]2[C@@H](C(=O)N1/N=C/c1ccc(O)c(Br)c1)[C@@H]1C=C[C@@H]2CC1. The number of aromatic hydroxyl groups is 1. The third kappa shape index (κ3) is 2.24. The van der Waals surface area contributed by atoms with Crippen molar-refractivity contribution in [2.75, 3.05) is 0 Å². The van der Waals surface area contributed by atoms with Crippen LogP contribution in [0.5, 0.6) is 5.75 Å². The molecule has 0 spiro atoms. The first-order valence-electron chi connectivity index (χ1n) is 7.65. The van der Waals surface area contributed by atoms with Gasteiger partial charge in [-0.25, -0.2) is 0 Å². The van der Waals surface area contributed by atoms with Gasteiger partial charge >= 0.3 is 0 Å². The fourth-order valence-corrected chi connectivity index (χ4v) is 4.30. The number of carbonyl (C=O) groups is 2. The maximum atomic E-state index is 12.6. The van der Waals surface area contributed by atoms with Crippen molar-refractivity contribution in [3.05, 3.63) is 40.4 Å². The highest BCUT2D eigenvalue weighted by atomic mass is 79.9. The Bertz CT molecular complexity index is 726. The molecule has 0 radical (unpaired) electrons. The Morgan fingerprint density at radius 1 is 1.13 bits per heavy atom. The number of imide groups is 1. The van der Waals surface area contributed by atoms with E-state index in [4.69, 9.17) is 0 Å². The van der Waals surface area contributed by atoms with Gasteiger partial charge in [-0.15, -0.1) is 0 Å².